The number of carbonyl (C=O) groups is 1. The van der Waals surface area contributed by atoms with Crippen LogP contribution in [0.4, 0.5) is 5.69 Å². The van der Waals surface area contributed by atoms with E-state index in [2.05, 4.69) is 0 Å². The van der Waals surface area contributed by atoms with Crippen molar-refractivity contribution in [3.63, 3.8) is 0 Å². The summed E-state index contributed by atoms with van der Waals surface area (Å²) < 4.78 is 25.7. The summed E-state index contributed by atoms with van der Waals surface area (Å²) in [5.74, 6) is -0.173. The summed E-state index contributed by atoms with van der Waals surface area (Å²) in [6.45, 7) is -0.00545. The number of hydrogen-bond acceptors (Lipinski definition) is 5. The number of piperidine rings is 1. The predicted molar refractivity (Wildman–Crippen MR) is 66.1 cm³/mol. The number of carbonyl (C=O) groups excluding carboxylic acids is 1. The SMILES string of the molecule is O=C1CCCN(S(=O)(=O)c2ccccc2[N+](=O)[O-])C1. The van der Waals surface area contributed by atoms with Crippen molar-refractivity contribution >= 4 is 21.5 Å². The molecule has 1 saturated heterocycles. The van der Waals surface area contributed by atoms with Gasteiger partial charge in [0.2, 0.25) is 10.0 Å². The second kappa shape index (κ2) is 5.06. The molecule has 1 aliphatic heterocycles. The smallest absolute Gasteiger partial charge is 0.289 e. The lowest BCUT2D eigenvalue weighted by Gasteiger charge is -2.24. The van der Waals surface area contributed by atoms with Crippen LogP contribution in [0.5, 0.6) is 0 Å². The van der Waals surface area contributed by atoms with Crippen LogP contribution in [-0.2, 0) is 14.8 Å². The minimum absolute atomic E-state index is 0.173. The van der Waals surface area contributed by atoms with Crippen LogP contribution in [-0.4, -0.2) is 36.5 Å². The van der Waals surface area contributed by atoms with E-state index >= 15 is 0 Å². The summed E-state index contributed by atoms with van der Waals surface area (Å²) in [5, 5.41) is 10.9. The van der Waals surface area contributed by atoms with Gasteiger partial charge in [-0.15, -0.1) is 0 Å². The number of sulfonamides is 1. The van der Waals surface area contributed by atoms with Crippen molar-refractivity contribution in [2.45, 2.75) is 17.7 Å². The second-order valence-electron chi connectivity index (χ2n) is 4.21. The van der Waals surface area contributed by atoms with Crippen molar-refractivity contribution in [3.8, 4) is 0 Å². The molecule has 19 heavy (non-hydrogen) atoms. The summed E-state index contributed by atoms with van der Waals surface area (Å²) in [6.07, 6.45) is 0.793. The maximum absolute atomic E-state index is 12.3. The lowest BCUT2D eigenvalue weighted by Crippen LogP contribution is -2.40. The number of Topliss-reactive ketones (excluding diaryl/α,β-unsaturated/α-hetero) is 1. The first-order chi connectivity index (χ1) is 8.93. The van der Waals surface area contributed by atoms with Gasteiger partial charge in [0.25, 0.3) is 5.69 Å². The monoisotopic (exact) mass is 284 g/mol. The van der Waals surface area contributed by atoms with Crippen molar-refractivity contribution < 1.29 is 18.1 Å². The van der Waals surface area contributed by atoms with E-state index in [9.17, 15) is 23.3 Å². The number of nitrogens with zero attached hydrogens (tertiary/aromatic N) is 2. The predicted octanol–water partition coefficient (Wildman–Crippen LogP) is 0.948. The highest BCUT2D eigenvalue weighted by molar-refractivity contribution is 7.89. The maximum Gasteiger partial charge on any atom is 0.289 e. The molecule has 0 atom stereocenters. The highest BCUT2D eigenvalue weighted by Crippen LogP contribution is 2.27. The van der Waals surface area contributed by atoms with E-state index in [0.29, 0.717) is 12.8 Å². The number of para-hydroxylation sites is 1. The first-order valence-corrected chi connectivity index (χ1v) is 7.12. The van der Waals surface area contributed by atoms with Crippen LogP contribution in [0, 0.1) is 10.1 Å². The molecule has 1 heterocycles. The van der Waals surface area contributed by atoms with Gasteiger partial charge in [0, 0.05) is 19.0 Å². The Morgan fingerprint density at radius 2 is 1.95 bits per heavy atom. The van der Waals surface area contributed by atoms with E-state index in [1.54, 1.807) is 0 Å². The van der Waals surface area contributed by atoms with Crippen molar-refractivity contribution in [1.82, 2.24) is 4.31 Å². The van der Waals surface area contributed by atoms with E-state index in [-0.39, 0.29) is 23.8 Å². The molecule has 0 amide bonds. The quantitative estimate of drug-likeness (QED) is 0.608. The second-order valence-corrected chi connectivity index (χ2v) is 6.11. The van der Waals surface area contributed by atoms with E-state index < -0.39 is 20.6 Å². The molecule has 0 aromatic heterocycles. The molecule has 0 N–H and O–H groups in total. The van der Waals surface area contributed by atoms with Crippen molar-refractivity contribution in [2.24, 2.45) is 0 Å². The van der Waals surface area contributed by atoms with Crippen LogP contribution in [0.25, 0.3) is 0 Å². The minimum atomic E-state index is -4.00. The summed E-state index contributed by atoms with van der Waals surface area (Å²) in [7, 11) is -4.00. The average molecular weight is 284 g/mol. The van der Waals surface area contributed by atoms with E-state index in [1.807, 2.05) is 0 Å². The van der Waals surface area contributed by atoms with E-state index in [4.69, 9.17) is 0 Å². The first-order valence-electron chi connectivity index (χ1n) is 5.68. The van der Waals surface area contributed by atoms with Crippen molar-refractivity contribution in [2.75, 3.05) is 13.1 Å². The van der Waals surface area contributed by atoms with E-state index in [1.165, 1.54) is 18.2 Å². The molecule has 0 spiro atoms. The maximum atomic E-state index is 12.3. The van der Waals surface area contributed by atoms with Gasteiger partial charge >= 0.3 is 0 Å². The Balaban J connectivity index is 2.45. The van der Waals surface area contributed by atoms with Gasteiger partial charge in [-0.05, 0) is 12.5 Å². The molecule has 0 unspecified atom stereocenters. The van der Waals surface area contributed by atoms with Crippen molar-refractivity contribution in [1.29, 1.82) is 0 Å². The topological polar surface area (TPSA) is 97.6 Å². The standard InChI is InChI=1S/C11H12N2O5S/c14-9-4-3-7-12(8-9)19(17,18)11-6-2-1-5-10(11)13(15)16/h1-2,5-6H,3-4,7-8H2. The van der Waals surface area contributed by atoms with Gasteiger partial charge in [-0.1, -0.05) is 12.1 Å². The Labute approximate surface area is 110 Å². The highest BCUT2D eigenvalue weighted by Gasteiger charge is 2.33. The number of ketones is 1. The molecule has 0 radical (unpaired) electrons. The van der Waals surface area contributed by atoms with Crippen LogP contribution >= 0.6 is 0 Å². The zero-order valence-electron chi connectivity index (χ0n) is 9.98. The number of benzene rings is 1. The Kier molecular flexibility index (Phi) is 3.63. The third-order valence-corrected chi connectivity index (χ3v) is 4.79. The first kappa shape index (κ1) is 13.6. The summed E-state index contributed by atoms with van der Waals surface area (Å²) in [6, 6.07) is 5.15. The van der Waals surface area contributed by atoms with Gasteiger partial charge in [-0.3, -0.25) is 14.9 Å². The average Bonchev–Trinajstić information content (AvgIpc) is 2.38. The molecule has 102 valence electrons. The summed E-state index contributed by atoms with van der Waals surface area (Å²) in [4.78, 5) is 21.1. The van der Waals surface area contributed by atoms with Crippen LogP contribution < -0.4 is 0 Å². The lowest BCUT2D eigenvalue weighted by molar-refractivity contribution is -0.387. The molecule has 0 bridgehead atoms. The van der Waals surface area contributed by atoms with Gasteiger partial charge in [0.1, 0.15) is 5.78 Å². The molecular formula is C11H12N2O5S. The molecule has 1 fully saturated rings. The zero-order valence-corrected chi connectivity index (χ0v) is 10.8. The fourth-order valence-electron chi connectivity index (χ4n) is 1.98. The van der Waals surface area contributed by atoms with Gasteiger partial charge in [0.15, 0.2) is 4.90 Å². The molecule has 7 nitrogen and oxygen atoms in total. The van der Waals surface area contributed by atoms with Gasteiger partial charge in [0.05, 0.1) is 11.5 Å². The van der Waals surface area contributed by atoms with Crippen LogP contribution in [0.15, 0.2) is 29.2 Å². The molecule has 8 heteroatoms. The molecule has 0 saturated carbocycles. The Hall–Kier alpha value is -1.80. The Morgan fingerprint density at radius 1 is 1.26 bits per heavy atom. The molecule has 2 rings (SSSR count). The summed E-state index contributed by atoms with van der Waals surface area (Å²) >= 11 is 0. The van der Waals surface area contributed by atoms with Crippen LogP contribution in [0.2, 0.25) is 0 Å². The zero-order chi connectivity index (χ0) is 14.0. The number of nitro benzene ring substituents is 1. The van der Waals surface area contributed by atoms with Crippen LogP contribution in [0.1, 0.15) is 12.8 Å². The highest BCUT2D eigenvalue weighted by atomic mass is 32.2. The largest absolute Gasteiger partial charge is 0.298 e. The third-order valence-electron chi connectivity index (χ3n) is 2.90. The number of hydrogen-bond donors (Lipinski definition) is 0. The van der Waals surface area contributed by atoms with E-state index in [0.717, 1.165) is 10.4 Å². The Morgan fingerprint density at radius 3 is 2.58 bits per heavy atom. The fourth-order valence-corrected chi connectivity index (χ4v) is 3.60. The Bertz CT molecular complexity index is 626. The van der Waals surface area contributed by atoms with Gasteiger partial charge in [-0.25, -0.2) is 8.42 Å². The molecule has 1 aliphatic rings. The summed E-state index contributed by atoms with van der Waals surface area (Å²) in [5.41, 5.74) is -0.472. The van der Waals surface area contributed by atoms with Gasteiger partial charge in [-0.2, -0.15) is 4.31 Å². The molecule has 1 aromatic rings. The number of rotatable bonds is 3. The molecular weight excluding hydrogens is 272 g/mol. The minimum Gasteiger partial charge on any atom is -0.298 e. The van der Waals surface area contributed by atoms with Gasteiger partial charge < -0.3 is 0 Å². The molecule has 0 aliphatic carbocycles. The molecule has 1 aromatic carbocycles. The normalized spacial score (nSPS) is 17.4. The fraction of sp³-hybridized carbons (Fsp3) is 0.364. The third kappa shape index (κ3) is 2.64. The van der Waals surface area contributed by atoms with Crippen LogP contribution in [0.3, 0.4) is 0 Å². The van der Waals surface area contributed by atoms with Crippen molar-refractivity contribution in [3.05, 3.63) is 34.4 Å². The number of nitro groups is 1. The lowest BCUT2D eigenvalue weighted by atomic mass is 10.1.